The quantitative estimate of drug-likeness (QED) is 0.415. The molecule has 0 atom stereocenters. The average Bonchev–Trinajstić information content (AvgIpc) is 2.54. The fourth-order valence-corrected chi connectivity index (χ4v) is 2.28. The first-order valence-electron chi connectivity index (χ1n) is 8.02. The summed E-state index contributed by atoms with van der Waals surface area (Å²) in [7, 11) is 0. The van der Waals surface area contributed by atoms with Crippen LogP contribution in [0.3, 0.4) is 0 Å². The lowest BCUT2D eigenvalue weighted by Crippen LogP contribution is -2.42. The van der Waals surface area contributed by atoms with Gasteiger partial charge in [-0.1, -0.05) is 39.8 Å². The van der Waals surface area contributed by atoms with E-state index in [-0.39, 0.29) is 0 Å². The Morgan fingerprint density at radius 2 is 1.73 bits per heavy atom. The second kappa shape index (κ2) is 8.57. The van der Waals surface area contributed by atoms with Crippen molar-refractivity contribution in [3.05, 3.63) is 29.8 Å². The van der Waals surface area contributed by atoms with Gasteiger partial charge in [0.25, 0.3) is 0 Å². The molecule has 0 fully saturated rings. The Balaban J connectivity index is 2.95. The van der Waals surface area contributed by atoms with E-state index in [1.807, 2.05) is 32.0 Å². The number of aryl methyl sites for hydroxylation is 1. The predicted octanol–water partition coefficient (Wildman–Crippen LogP) is 3.91. The molecular weight excluding hydrogens is 280 g/mol. The van der Waals surface area contributed by atoms with Gasteiger partial charge in [0.05, 0.1) is 6.61 Å². The molecule has 1 aromatic rings. The van der Waals surface area contributed by atoms with Gasteiger partial charge in [0.2, 0.25) is 0 Å². The van der Waals surface area contributed by atoms with Gasteiger partial charge in [-0.25, -0.2) is 0 Å². The van der Waals surface area contributed by atoms with Gasteiger partial charge in [-0.3, -0.25) is 9.59 Å². The molecule has 0 aromatic heterocycles. The Labute approximate surface area is 132 Å². The van der Waals surface area contributed by atoms with Crippen LogP contribution in [0.5, 0.6) is 5.75 Å². The van der Waals surface area contributed by atoms with Crippen molar-refractivity contribution in [2.24, 2.45) is 5.41 Å². The molecule has 0 radical (unpaired) electrons. The van der Waals surface area contributed by atoms with Crippen molar-refractivity contribution in [3.8, 4) is 5.75 Å². The molecule has 122 valence electrons. The van der Waals surface area contributed by atoms with E-state index in [2.05, 4.69) is 0 Å². The Morgan fingerprint density at radius 1 is 1.05 bits per heavy atom. The van der Waals surface area contributed by atoms with Crippen LogP contribution in [-0.4, -0.2) is 18.5 Å². The van der Waals surface area contributed by atoms with Crippen LogP contribution in [0.2, 0.25) is 0 Å². The van der Waals surface area contributed by atoms with E-state index < -0.39 is 17.4 Å². The van der Waals surface area contributed by atoms with Crippen LogP contribution >= 0.6 is 0 Å². The summed E-state index contributed by atoms with van der Waals surface area (Å²) < 4.78 is 10.7. The third kappa shape index (κ3) is 4.09. The third-order valence-electron chi connectivity index (χ3n) is 3.94. The van der Waals surface area contributed by atoms with E-state index in [1.165, 1.54) is 0 Å². The van der Waals surface area contributed by atoms with Crippen molar-refractivity contribution in [1.82, 2.24) is 0 Å². The van der Waals surface area contributed by atoms with Crippen molar-refractivity contribution in [2.75, 3.05) is 6.61 Å². The lowest BCUT2D eigenvalue weighted by Gasteiger charge is -2.26. The minimum Gasteiger partial charge on any atom is -0.465 e. The van der Waals surface area contributed by atoms with E-state index >= 15 is 0 Å². The minimum atomic E-state index is -1.22. The molecule has 0 N–H and O–H groups in total. The summed E-state index contributed by atoms with van der Waals surface area (Å²) in [5.41, 5.74) is -0.144. The second-order valence-corrected chi connectivity index (χ2v) is 5.32. The van der Waals surface area contributed by atoms with Gasteiger partial charge in [0, 0.05) is 0 Å². The number of carbonyl (C=O) groups excluding carboxylic acids is 2. The van der Waals surface area contributed by atoms with Gasteiger partial charge in [0.15, 0.2) is 5.41 Å². The van der Waals surface area contributed by atoms with Crippen molar-refractivity contribution in [1.29, 1.82) is 0 Å². The Morgan fingerprint density at radius 3 is 2.27 bits per heavy atom. The molecule has 0 amide bonds. The van der Waals surface area contributed by atoms with E-state index in [1.54, 1.807) is 19.9 Å². The molecule has 0 unspecified atom stereocenters. The van der Waals surface area contributed by atoms with Crippen LogP contribution < -0.4 is 4.74 Å². The van der Waals surface area contributed by atoms with Crippen molar-refractivity contribution >= 4 is 11.9 Å². The van der Waals surface area contributed by atoms with Gasteiger partial charge in [-0.2, -0.15) is 0 Å². The van der Waals surface area contributed by atoms with E-state index in [0.717, 1.165) is 18.4 Å². The summed E-state index contributed by atoms with van der Waals surface area (Å²) in [6.07, 6.45) is 2.30. The molecule has 4 heteroatoms. The zero-order valence-corrected chi connectivity index (χ0v) is 14.0. The standard InChI is InChI=1S/C18H26O4/c1-5-12-21-16(19)18(7-3,8-4)17(20)22-15-11-9-10-14(6-2)13-15/h9-11,13H,5-8,12H2,1-4H3. The molecule has 0 spiro atoms. The fraction of sp³-hybridized carbons (Fsp3) is 0.556. The highest BCUT2D eigenvalue weighted by Gasteiger charge is 2.46. The van der Waals surface area contributed by atoms with Crippen molar-refractivity contribution < 1.29 is 19.1 Å². The smallest absolute Gasteiger partial charge is 0.328 e. The number of esters is 2. The zero-order chi connectivity index (χ0) is 16.6. The summed E-state index contributed by atoms with van der Waals surface area (Å²) >= 11 is 0. The first-order chi connectivity index (χ1) is 10.5. The maximum atomic E-state index is 12.6. The van der Waals surface area contributed by atoms with Gasteiger partial charge in [-0.15, -0.1) is 0 Å². The maximum Gasteiger partial charge on any atom is 0.328 e. The Kier molecular flexibility index (Phi) is 7.09. The van der Waals surface area contributed by atoms with Crippen molar-refractivity contribution in [2.45, 2.75) is 53.4 Å². The number of hydrogen-bond acceptors (Lipinski definition) is 4. The number of hydrogen-bond donors (Lipinski definition) is 0. The van der Waals surface area contributed by atoms with Crippen LogP contribution in [0.1, 0.15) is 52.5 Å². The lowest BCUT2D eigenvalue weighted by atomic mass is 9.82. The molecule has 0 bridgehead atoms. The van der Waals surface area contributed by atoms with Crippen molar-refractivity contribution in [3.63, 3.8) is 0 Å². The third-order valence-corrected chi connectivity index (χ3v) is 3.94. The fourth-order valence-electron chi connectivity index (χ4n) is 2.28. The first kappa shape index (κ1) is 18.2. The maximum absolute atomic E-state index is 12.6. The molecule has 4 nitrogen and oxygen atoms in total. The van der Waals surface area contributed by atoms with Gasteiger partial charge in [0.1, 0.15) is 5.75 Å². The van der Waals surface area contributed by atoms with E-state index in [4.69, 9.17) is 9.47 Å². The predicted molar refractivity (Wildman–Crippen MR) is 85.7 cm³/mol. The van der Waals surface area contributed by atoms with Gasteiger partial charge < -0.3 is 9.47 Å². The molecule has 0 saturated heterocycles. The molecule has 0 saturated carbocycles. The first-order valence-corrected chi connectivity index (χ1v) is 8.02. The van der Waals surface area contributed by atoms with Crippen LogP contribution in [-0.2, 0) is 20.7 Å². The number of rotatable bonds is 8. The topological polar surface area (TPSA) is 52.6 Å². The molecule has 22 heavy (non-hydrogen) atoms. The molecule has 0 heterocycles. The van der Waals surface area contributed by atoms with E-state index in [0.29, 0.717) is 25.2 Å². The largest absolute Gasteiger partial charge is 0.465 e. The Bertz CT molecular complexity index is 504. The van der Waals surface area contributed by atoms with Crippen LogP contribution in [0, 0.1) is 5.41 Å². The normalized spacial score (nSPS) is 11.1. The molecular formula is C18H26O4. The highest BCUT2D eigenvalue weighted by molar-refractivity contribution is 6.00. The minimum absolute atomic E-state index is 0.319. The molecule has 0 aliphatic heterocycles. The summed E-state index contributed by atoms with van der Waals surface area (Å²) in [5.74, 6) is -0.554. The Hall–Kier alpha value is -1.84. The average molecular weight is 306 g/mol. The van der Waals surface area contributed by atoms with Crippen LogP contribution in [0.4, 0.5) is 0 Å². The SMILES string of the molecule is CCCOC(=O)C(CC)(CC)C(=O)Oc1cccc(CC)c1. The monoisotopic (exact) mass is 306 g/mol. The van der Waals surface area contributed by atoms with Crippen LogP contribution in [0.15, 0.2) is 24.3 Å². The van der Waals surface area contributed by atoms with Gasteiger partial charge >= 0.3 is 11.9 Å². The molecule has 1 rings (SSSR count). The van der Waals surface area contributed by atoms with E-state index in [9.17, 15) is 9.59 Å². The van der Waals surface area contributed by atoms with Gasteiger partial charge in [-0.05, 0) is 43.4 Å². The number of ether oxygens (including phenoxy) is 2. The molecule has 0 aliphatic carbocycles. The summed E-state index contributed by atoms with van der Waals surface area (Å²) in [5, 5.41) is 0. The summed E-state index contributed by atoms with van der Waals surface area (Å²) in [6.45, 7) is 7.88. The second-order valence-electron chi connectivity index (χ2n) is 5.32. The van der Waals surface area contributed by atoms with Crippen LogP contribution in [0.25, 0.3) is 0 Å². The molecule has 0 aliphatic rings. The highest BCUT2D eigenvalue weighted by atomic mass is 16.6. The molecule has 1 aromatic carbocycles. The zero-order valence-electron chi connectivity index (χ0n) is 14.0. The summed E-state index contributed by atoms with van der Waals surface area (Å²) in [4.78, 5) is 24.9. The number of carbonyl (C=O) groups is 2. The lowest BCUT2D eigenvalue weighted by molar-refractivity contribution is -0.168. The highest BCUT2D eigenvalue weighted by Crippen LogP contribution is 2.31. The number of benzene rings is 1. The summed E-state index contributed by atoms with van der Waals surface area (Å²) in [6, 6.07) is 7.37.